The van der Waals surface area contributed by atoms with Gasteiger partial charge in [-0.05, 0) is 18.2 Å². The number of hydrogen-bond acceptors (Lipinski definition) is 6. The second-order valence-corrected chi connectivity index (χ2v) is 8.15. The van der Waals surface area contributed by atoms with Gasteiger partial charge in [-0.15, -0.1) is 0 Å². The highest BCUT2D eigenvalue weighted by Gasteiger charge is 2.28. The van der Waals surface area contributed by atoms with E-state index in [1.807, 2.05) is 0 Å². The molecule has 0 aliphatic rings. The number of rotatable bonds is 9. The molecule has 0 heterocycles. The third-order valence-corrected chi connectivity index (χ3v) is 5.57. The Morgan fingerprint density at radius 1 is 0.351 bits per heavy atom. The Morgan fingerprint density at radius 2 is 0.514 bits per heavy atom. The lowest BCUT2D eigenvalue weighted by molar-refractivity contribution is 0.0985. The highest BCUT2D eigenvalue weighted by atomic mass is 16.2. The van der Waals surface area contributed by atoms with Crippen molar-refractivity contribution in [1.29, 1.82) is 0 Å². The van der Waals surface area contributed by atoms with E-state index >= 15 is 0 Å². The summed E-state index contributed by atoms with van der Waals surface area (Å²) in [5.74, 6) is -5.27. The molecule has 0 saturated carbocycles. The topological polar surface area (TPSA) is 259 Å². The molecule has 0 aliphatic heterocycles. The molecule has 12 N–H and O–H groups in total. The minimum absolute atomic E-state index is 0.0846. The maximum atomic E-state index is 12.0. The largest absolute Gasteiger partial charge is 0.366 e. The first-order valence-electron chi connectivity index (χ1n) is 10.5. The fraction of sp³-hybridized carbons (Fsp3) is 0. The van der Waals surface area contributed by atoms with Gasteiger partial charge >= 0.3 is 0 Å². The first-order valence-corrected chi connectivity index (χ1v) is 10.5. The van der Waals surface area contributed by atoms with E-state index in [4.69, 9.17) is 34.4 Å². The monoisotopic (exact) mass is 500 g/mol. The third kappa shape index (κ3) is 5.62. The van der Waals surface area contributed by atoms with Crippen LogP contribution in [0.3, 0.4) is 0 Å². The summed E-state index contributed by atoms with van der Waals surface area (Å²) in [4.78, 5) is 72.1. The van der Waals surface area contributed by atoms with Crippen molar-refractivity contribution in [2.75, 3.05) is 0 Å². The predicted octanol–water partition coefficient (Wildman–Crippen LogP) is -3.20. The van der Waals surface area contributed by atoms with E-state index in [0.29, 0.717) is 0 Å². The fourth-order valence-electron chi connectivity index (χ4n) is 3.89. The second-order valence-electron chi connectivity index (χ2n) is 8.15. The van der Waals surface area contributed by atoms with Gasteiger partial charge in [0, 0.05) is 33.4 Å². The zero-order chi connectivity index (χ0) is 27.6. The Bertz CT molecular complexity index is 1240. The van der Waals surface area contributed by atoms with Gasteiger partial charge in [0.1, 0.15) is 0 Å². The minimum atomic E-state index is -1.04. The minimum Gasteiger partial charge on any atom is -0.366 e. The van der Waals surface area contributed by atoms with Crippen molar-refractivity contribution in [3.8, 4) is 0 Å². The van der Waals surface area contributed by atoms with Crippen LogP contribution in [0.1, 0.15) is 62.1 Å². The van der Waals surface area contributed by atoms with E-state index in [0.717, 1.165) is 0 Å². The predicted molar refractivity (Wildman–Crippen MR) is 135 cm³/mol. The molecule has 0 aromatic heterocycles. The Hall–Kier alpha value is -5.46. The van der Waals surface area contributed by atoms with E-state index in [2.05, 4.69) is 0 Å². The van der Waals surface area contributed by atoms with E-state index in [1.165, 1.54) is 54.6 Å². The second kappa shape index (κ2) is 10.0. The van der Waals surface area contributed by atoms with Crippen molar-refractivity contribution in [1.82, 2.24) is 0 Å². The van der Waals surface area contributed by atoms with Gasteiger partial charge in [0.2, 0.25) is 42.2 Å². The highest BCUT2D eigenvalue weighted by Crippen LogP contribution is 2.10. The van der Waals surface area contributed by atoms with Gasteiger partial charge < -0.3 is 34.4 Å². The molecule has 0 atom stereocenters. The zero-order valence-electron chi connectivity index (χ0n) is 19.2. The molecule has 37 heavy (non-hydrogen) atoms. The van der Waals surface area contributed by atoms with Crippen molar-refractivity contribution in [3.05, 3.63) is 88.0 Å². The number of carbonyl (C=O) groups excluding carboxylic acids is 6. The normalized spacial score (nSPS) is 10.4. The van der Waals surface area contributed by atoms with Crippen molar-refractivity contribution in [2.45, 2.75) is 0 Å². The van der Waals surface area contributed by atoms with Crippen molar-refractivity contribution < 1.29 is 28.8 Å². The number of hydrogen-bond donors (Lipinski definition) is 6. The van der Waals surface area contributed by atoms with E-state index in [9.17, 15) is 28.8 Å². The lowest BCUT2D eigenvalue weighted by atomic mass is 9.36. The smallest absolute Gasteiger partial charge is 0.248 e. The average molecular weight is 500 g/mol. The Balaban J connectivity index is 2.49. The molecule has 0 radical (unpaired) electrons. The molecule has 0 fully saturated rings. The molecule has 6 amide bonds. The number of benzene rings is 3. The Labute approximate surface area is 210 Å². The molecular weight excluding hydrogens is 479 g/mol. The molecule has 3 rings (SSSR count). The summed E-state index contributed by atoms with van der Waals surface area (Å²) in [5.41, 5.74) is 32.8. The van der Waals surface area contributed by atoms with Crippen LogP contribution in [0, 0.1) is 0 Å². The van der Waals surface area contributed by atoms with Gasteiger partial charge in [0.05, 0.1) is 0 Å². The van der Waals surface area contributed by atoms with E-state index in [-0.39, 0.29) is 49.8 Å². The molecule has 3 aromatic carbocycles. The molecule has 0 saturated heterocycles. The van der Waals surface area contributed by atoms with Crippen molar-refractivity contribution in [3.63, 3.8) is 0 Å². The number of nitrogens with two attached hydrogens (primary N) is 6. The summed E-state index contributed by atoms with van der Waals surface area (Å²) in [7, 11) is 0. The zero-order valence-corrected chi connectivity index (χ0v) is 19.2. The lowest BCUT2D eigenvalue weighted by Gasteiger charge is -2.20. The van der Waals surface area contributed by atoms with Gasteiger partial charge in [0.15, 0.2) is 0 Å². The number of amides is 6. The summed E-state index contributed by atoms with van der Waals surface area (Å²) in [6, 6.07) is 11.7. The molecule has 3 aromatic rings. The van der Waals surface area contributed by atoms with Crippen LogP contribution in [-0.2, 0) is 0 Å². The van der Waals surface area contributed by atoms with E-state index < -0.39 is 42.2 Å². The summed E-state index contributed by atoms with van der Waals surface area (Å²) in [6.07, 6.45) is 0. The van der Waals surface area contributed by atoms with Crippen molar-refractivity contribution >= 4 is 58.5 Å². The van der Waals surface area contributed by atoms with Gasteiger partial charge in [-0.3, -0.25) is 28.8 Å². The Morgan fingerprint density at radius 3 is 0.649 bits per heavy atom. The molecule has 13 heteroatoms. The summed E-state index contributed by atoms with van der Waals surface area (Å²) < 4.78 is 0. The Kier molecular flexibility index (Phi) is 7.09. The third-order valence-electron chi connectivity index (χ3n) is 5.57. The quantitative estimate of drug-likeness (QED) is 0.165. The maximum Gasteiger partial charge on any atom is 0.248 e. The van der Waals surface area contributed by atoms with E-state index in [1.54, 1.807) is 0 Å². The van der Waals surface area contributed by atoms with Crippen LogP contribution in [0.15, 0.2) is 54.6 Å². The molecule has 0 spiro atoms. The van der Waals surface area contributed by atoms with Crippen molar-refractivity contribution in [2.24, 2.45) is 34.4 Å². The SMILES string of the molecule is NC(=O)c1cc(B(c2cc(C(N)=O)cc(C(N)=O)c2)c2cc(C(N)=O)cc(C(N)=O)c2)cc(C(N)=O)c1. The van der Waals surface area contributed by atoms with Crippen LogP contribution < -0.4 is 50.8 Å². The maximum absolute atomic E-state index is 12.0. The fourth-order valence-corrected chi connectivity index (χ4v) is 3.89. The molecule has 0 unspecified atom stereocenters. The van der Waals surface area contributed by atoms with Gasteiger partial charge in [-0.2, -0.15) is 0 Å². The number of carbonyl (C=O) groups is 6. The van der Waals surface area contributed by atoms with Crippen LogP contribution in [0.5, 0.6) is 0 Å². The van der Waals surface area contributed by atoms with Crippen LogP contribution in [0.4, 0.5) is 0 Å². The van der Waals surface area contributed by atoms with Gasteiger partial charge in [-0.25, -0.2) is 0 Å². The summed E-state index contributed by atoms with van der Waals surface area (Å²) in [6.45, 7) is -1.04. The van der Waals surface area contributed by atoms with Crippen LogP contribution in [0.2, 0.25) is 0 Å². The van der Waals surface area contributed by atoms with Crippen LogP contribution >= 0.6 is 0 Å². The average Bonchev–Trinajstić information content (AvgIpc) is 2.83. The summed E-state index contributed by atoms with van der Waals surface area (Å²) >= 11 is 0. The number of primary amides is 6. The lowest BCUT2D eigenvalue weighted by Crippen LogP contribution is -2.53. The van der Waals surface area contributed by atoms with Crippen LogP contribution in [-0.4, -0.2) is 42.2 Å². The van der Waals surface area contributed by atoms with Gasteiger partial charge in [-0.1, -0.05) is 52.8 Å². The first-order chi connectivity index (χ1) is 17.3. The van der Waals surface area contributed by atoms with Gasteiger partial charge in [0.25, 0.3) is 0 Å². The first kappa shape index (κ1) is 26.2. The molecular formula is C24H21BN6O6. The summed E-state index contributed by atoms with van der Waals surface area (Å²) in [5, 5.41) is 0. The molecule has 0 aliphatic carbocycles. The van der Waals surface area contributed by atoms with Crippen LogP contribution in [0.25, 0.3) is 0 Å². The highest BCUT2D eigenvalue weighted by molar-refractivity contribution is 6.95. The molecule has 186 valence electrons. The molecule has 12 nitrogen and oxygen atoms in total. The standard InChI is InChI=1S/C24H21BN6O6/c26-19(32)10-1-11(20(27)33)5-16(4-10)25(17-6-12(21(28)34)2-13(7-17)22(29)35)18-8-14(23(30)36)3-15(9-18)24(31)37/h1-9H,(H2,26,32)(H2,27,33)(H2,28,34)(H2,29,35)(H2,30,36)(H2,31,37). The molecule has 0 bridgehead atoms.